The van der Waals surface area contributed by atoms with Gasteiger partial charge in [-0.25, -0.2) is 0 Å². The summed E-state index contributed by atoms with van der Waals surface area (Å²) in [4.78, 5) is 22.1. The highest BCUT2D eigenvalue weighted by molar-refractivity contribution is 5.96. The number of rotatable bonds is 7. The lowest BCUT2D eigenvalue weighted by Gasteiger charge is -2.36. The molecule has 1 fully saturated rings. The lowest BCUT2D eigenvalue weighted by atomic mass is 9.96. The van der Waals surface area contributed by atoms with Gasteiger partial charge < -0.3 is 14.4 Å². The van der Waals surface area contributed by atoms with Gasteiger partial charge >= 0.3 is 5.97 Å². The second-order valence-corrected chi connectivity index (χ2v) is 8.84. The van der Waals surface area contributed by atoms with E-state index in [9.17, 15) is 10.1 Å². The molecule has 2 aromatic carbocycles. The van der Waals surface area contributed by atoms with E-state index in [-0.39, 0.29) is 12.0 Å². The number of fused-ring (bicyclic) bond motifs is 1. The number of nitriles is 1. The van der Waals surface area contributed by atoms with E-state index < -0.39 is 5.97 Å². The third-order valence-electron chi connectivity index (χ3n) is 5.99. The Morgan fingerprint density at radius 1 is 1.26 bits per heavy atom. The van der Waals surface area contributed by atoms with Crippen molar-refractivity contribution < 1.29 is 19.2 Å². The molecule has 9 nitrogen and oxygen atoms in total. The first kappa shape index (κ1) is 22.5. The van der Waals surface area contributed by atoms with Gasteiger partial charge in [0.25, 0.3) is 5.89 Å². The minimum Gasteiger partial charge on any atom is -0.490 e. The summed E-state index contributed by atoms with van der Waals surface area (Å²) in [6.07, 6.45) is 3.47. The third-order valence-corrected chi connectivity index (χ3v) is 5.99. The van der Waals surface area contributed by atoms with E-state index >= 15 is 0 Å². The molecule has 0 aliphatic carbocycles. The summed E-state index contributed by atoms with van der Waals surface area (Å²) in [5.74, 6) is 0.193. The molecule has 0 unspecified atom stereocenters. The number of carboxylic acid groups (broad SMARTS) is 1. The SMILES string of the molecule is CC(C)Oc1ccc(-c2nc(-c3ccc(CN4CC(C(=O)O)C4)c4cnccc34)no2)cc1C#N. The van der Waals surface area contributed by atoms with Crippen molar-refractivity contribution in [2.75, 3.05) is 13.1 Å². The Kier molecular flexibility index (Phi) is 5.89. The van der Waals surface area contributed by atoms with Crippen LogP contribution in [0.15, 0.2) is 53.3 Å². The number of hydrogen-bond donors (Lipinski definition) is 1. The predicted octanol–water partition coefficient (Wildman–Crippen LogP) is 4.13. The quantitative estimate of drug-likeness (QED) is 0.425. The Hall–Kier alpha value is -4.29. The molecule has 176 valence electrons. The fraction of sp³-hybridized carbons (Fsp3) is 0.269. The van der Waals surface area contributed by atoms with Crippen molar-refractivity contribution in [1.29, 1.82) is 5.26 Å². The lowest BCUT2D eigenvalue weighted by molar-refractivity contribution is -0.147. The summed E-state index contributed by atoms with van der Waals surface area (Å²) in [7, 11) is 0. The van der Waals surface area contributed by atoms with E-state index in [1.807, 2.05) is 32.0 Å². The van der Waals surface area contributed by atoms with Crippen molar-refractivity contribution in [2.24, 2.45) is 5.92 Å². The summed E-state index contributed by atoms with van der Waals surface area (Å²) in [6, 6.07) is 13.2. The van der Waals surface area contributed by atoms with Crippen molar-refractivity contribution in [3.05, 3.63) is 59.9 Å². The minimum absolute atomic E-state index is 0.0478. The molecule has 1 saturated heterocycles. The van der Waals surface area contributed by atoms with E-state index in [0.29, 0.717) is 48.2 Å². The van der Waals surface area contributed by atoms with E-state index in [4.69, 9.17) is 14.4 Å². The van der Waals surface area contributed by atoms with Crippen LogP contribution in [-0.2, 0) is 11.3 Å². The molecule has 1 N–H and O–H groups in total. The monoisotopic (exact) mass is 469 g/mol. The maximum Gasteiger partial charge on any atom is 0.309 e. The largest absolute Gasteiger partial charge is 0.490 e. The summed E-state index contributed by atoms with van der Waals surface area (Å²) in [5.41, 5.74) is 2.88. The second-order valence-electron chi connectivity index (χ2n) is 8.84. The Morgan fingerprint density at radius 2 is 2.09 bits per heavy atom. The van der Waals surface area contributed by atoms with Crippen molar-refractivity contribution >= 4 is 16.7 Å². The molecule has 1 aliphatic heterocycles. The molecule has 35 heavy (non-hydrogen) atoms. The molecule has 3 heterocycles. The molecule has 5 rings (SSSR count). The molecule has 0 spiro atoms. The number of aromatic nitrogens is 3. The van der Waals surface area contributed by atoms with Crippen molar-refractivity contribution in [3.8, 4) is 34.7 Å². The normalized spacial score (nSPS) is 14.1. The van der Waals surface area contributed by atoms with E-state index in [1.54, 1.807) is 30.6 Å². The van der Waals surface area contributed by atoms with Gasteiger partial charge in [-0.1, -0.05) is 17.3 Å². The molecule has 2 aromatic heterocycles. The first-order chi connectivity index (χ1) is 16.9. The van der Waals surface area contributed by atoms with Crippen LogP contribution in [0.4, 0.5) is 0 Å². The van der Waals surface area contributed by atoms with Crippen LogP contribution in [0.3, 0.4) is 0 Å². The van der Waals surface area contributed by atoms with Crippen LogP contribution in [-0.4, -0.2) is 50.3 Å². The highest BCUT2D eigenvalue weighted by Gasteiger charge is 2.32. The van der Waals surface area contributed by atoms with Crippen molar-refractivity contribution in [3.63, 3.8) is 0 Å². The highest BCUT2D eigenvalue weighted by Crippen LogP contribution is 2.33. The van der Waals surface area contributed by atoms with Crippen LogP contribution in [0.5, 0.6) is 5.75 Å². The zero-order chi connectivity index (χ0) is 24.5. The summed E-state index contributed by atoms with van der Waals surface area (Å²) >= 11 is 0. The van der Waals surface area contributed by atoms with Crippen LogP contribution in [0.25, 0.3) is 33.6 Å². The van der Waals surface area contributed by atoms with Gasteiger partial charge in [0.1, 0.15) is 11.8 Å². The molecule has 0 saturated carbocycles. The molecule has 4 aromatic rings. The standard InChI is InChI=1S/C26H23N5O4/c1-15(2)34-23-6-4-16(9-18(23)10-27)25-29-24(30-35-25)21-5-3-17(22-11-28-8-7-20(21)22)12-31-13-19(14-31)26(32)33/h3-9,11,15,19H,12-14H2,1-2H3,(H,32,33). The molecular weight excluding hydrogens is 446 g/mol. The zero-order valence-electron chi connectivity index (χ0n) is 19.3. The number of aliphatic carboxylic acids is 1. The molecule has 0 radical (unpaired) electrons. The first-order valence-corrected chi connectivity index (χ1v) is 11.3. The number of carboxylic acids is 1. The third kappa shape index (κ3) is 4.44. The molecule has 0 amide bonds. The van der Waals surface area contributed by atoms with Crippen LogP contribution in [0.1, 0.15) is 25.0 Å². The predicted molar refractivity (Wildman–Crippen MR) is 127 cm³/mol. The average molecular weight is 470 g/mol. The Morgan fingerprint density at radius 3 is 2.83 bits per heavy atom. The zero-order valence-corrected chi connectivity index (χ0v) is 19.3. The Bertz CT molecular complexity index is 1450. The smallest absolute Gasteiger partial charge is 0.309 e. The first-order valence-electron chi connectivity index (χ1n) is 11.3. The summed E-state index contributed by atoms with van der Waals surface area (Å²) in [6.45, 7) is 5.53. The van der Waals surface area contributed by atoms with E-state index in [0.717, 1.165) is 21.9 Å². The van der Waals surface area contributed by atoms with Gasteiger partial charge in [-0.2, -0.15) is 10.2 Å². The fourth-order valence-electron chi connectivity index (χ4n) is 4.23. The summed E-state index contributed by atoms with van der Waals surface area (Å²) in [5, 5.41) is 24.7. The molecule has 0 atom stereocenters. The Balaban J connectivity index is 1.44. The summed E-state index contributed by atoms with van der Waals surface area (Å²) < 4.78 is 11.2. The Labute approximate surface area is 201 Å². The van der Waals surface area contributed by atoms with Crippen molar-refractivity contribution in [1.82, 2.24) is 20.0 Å². The fourth-order valence-corrected chi connectivity index (χ4v) is 4.23. The molecular formula is C26H23N5O4. The number of pyridine rings is 1. The van der Waals surface area contributed by atoms with Crippen LogP contribution < -0.4 is 4.74 Å². The number of likely N-dealkylation sites (tertiary alicyclic amines) is 1. The number of carbonyl (C=O) groups is 1. The number of ether oxygens (including phenoxy) is 1. The highest BCUT2D eigenvalue weighted by atomic mass is 16.5. The van der Waals surface area contributed by atoms with Gasteiger partial charge in [-0.3, -0.25) is 14.7 Å². The van der Waals surface area contributed by atoms with Gasteiger partial charge in [0.15, 0.2) is 0 Å². The van der Waals surface area contributed by atoms with E-state index in [1.165, 1.54) is 0 Å². The number of hydrogen-bond acceptors (Lipinski definition) is 8. The molecule has 9 heteroatoms. The topological polar surface area (TPSA) is 125 Å². The molecule has 0 bridgehead atoms. The van der Waals surface area contributed by atoms with Gasteiger partial charge in [0, 0.05) is 48.5 Å². The minimum atomic E-state index is -0.750. The van der Waals surface area contributed by atoms with Gasteiger partial charge in [-0.15, -0.1) is 0 Å². The van der Waals surface area contributed by atoms with Crippen LogP contribution in [0, 0.1) is 17.2 Å². The maximum absolute atomic E-state index is 11.1. The second kappa shape index (κ2) is 9.16. The molecule has 1 aliphatic rings. The van der Waals surface area contributed by atoms with Crippen LogP contribution in [0.2, 0.25) is 0 Å². The van der Waals surface area contributed by atoms with Gasteiger partial charge in [0.2, 0.25) is 5.82 Å². The van der Waals surface area contributed by atoms with E-state index in [2.05, 4.69) is 26.1 Å². The maximum atomic E-state index is 11.1. The average Bonchev–Trinajstić information content (AvgIpc) is 3.30. The van der Waals surface area contributed by atoms with Crippen molar-refractivity contribution in [2.45, 2.75) is 26.5 Å². The van der Waals surface area contributed by atoms with Gasteiger partial charge in [-0.05, 0) is 49.1 Å². The number of benzene rings is 2. The van der Waals surface area contributed by atoms with Gasteiger partial charge in [0.05, 0.1) is 17.6 Å². The lowest BCUT2D eigenvalue weighted by Crippen LogP contribution is -2.49. The van der Waals surface area contributed by atoms with Crippen LogP contribution >= 0.6 is 0 Å². The number of nitrogens with zero attached hydrogens (tertiary/aromatic N) is 5.